The number of hydrogen-bond donors (Lipinski definition) is 1. The predicted octanol–water partition coefficient (Wildman–Crippen LogP) is 0.732. The van der Waals surface area contributed by atoms with E-state index in [1.54, 1.807) is 23.4 Å². The fourth-order valence-corrected chi connectivity index (χ4v) is 2.34. The minimum Gasteiger partial charge on any atom is -0.481 e. The van der Waals surface area contributed by atoms with Crippen molar-refractivity contribution in [3.63, 3.8) is 0 Å². The molecule has 0 aromatic carbocycles. The maximum absolute atomic E-state index is 12.1. The predicted molar refractivity (Wildman–Crippen MR) is 67.3 cm³/mol. The molecular weight excluding hydrogens is 246 g/mol. The lowest BCUT2D eigenvalue weighted by atomic mass is 9.93. The van der Waals surface area contributed by atoms with Gasteiger partial charge >= 0.3 is 5.97 Å². The number of carbonyl (C=O) groups excluding carboxylic acids is 1. The van der Waals surface area contributed by atoms with Gasteiger partial charge in [0, 0.05) is 25.7 Å². The Balaban J connectivity index is 1.81. The van der Waals surface area contributed by atoms with Gasteiger partial charge in [-0.1, -0.05) is 0 Å². The Kier molecular flexibility index (Phi) is 4.43. The van der Waals surface area contributed by atoms with Crippen molar-refractivity contribution in [1.29, 1.82) is 0 Å². The number of aromatic nitrogens is 2. The average Bonchev–Trinajstić information content (AvgIpc) is 2.40. The summed E-state index contributed by atoms with van der Waals surface area (Å²) in [6.07, 6.45) is 5.24. The molecule has 0 unspecified atom stereocenters. The Morgan fingerprint density at radius 1 is 1.32 bits per heavy atom. The lowest BCUT2D eigenvalue weighted by Crippen LogP contribution is -2.39. The van der Waals surface area contributed by atoms with E-state index in [2.05, 4.69) is 10.2 Å². The Morgan fingerprint density at radius 2 is 2.05 bits per heavy atom. The summed E-state index contributed by atoms with van der Waals surface area (Å²) in [5, 5.41) is 16.2. The number of rotatable bonds is 4. The van der Waals surface area contributed by atoms with E-state index in [1.165, 1.54) is 0 Å². The van der Waals surface area contributed by atoms with E-state index in [0.717, 1.165) is 18.4 Å². The van der Waals surface area contributed by atoms with Crippen LogP contribution in [0.4, 0.5) is 0 Å². The summed E-state index contributed by atoms with van der Waals surface area (Å²) in [7, 11) is 0. The number of carbonyl (C=O) groups is 2. The van der Waals surface area contributed by atoms with E-state index >= 15 is 0 Å². The van der Waals surface area contributed by atoms with Crippen molar-refractivity contribution in [2.75, 3.05) is 13.1 Å². The van der Waals surface area contributed by atoms with Crippen LogP contribution in [0.3, 0.4) is 0 Å². The third-order valence-corrected chi connectivity index (χ3v) is 3.43. The van der Waals surface area contributed by atoms with E-state index in [-0.39, 0.29) is 18.2 Å². The maximum Gasteiger partial charge on any atom is 0.303 e. The SMILES string of the molecule is O=C(O)CC1CCN(C(=O)Cc2ccnnc2)CC1. The second kappa shape index (κ2) is 6.26. The molecule has 0 aliphatic carbocycles. The smallest absolute Gasteiger partial charge is 0.303 e. The molecule has 0 spiro atoms. The van der Waals surface area contributed by atoms with Crippen LogP contribution in [-0.2, 0) is 16.0 Å². The van der Waals surface area contributed by atoms with Crippen molar-refractivity contribution >= 4 is 11.9 Å². The first-order valence-corrected chi connectivity index (χ1v) is 6.40. The minimum absolute atomic E-state index is 0.0711. The van der Waals surface area contributed by atoms with Gasteiger partial charge in [-0.3, -0.25) is 9.59 Å². The maximum atomic E-state index is 12.1. The third-order valence-electron chi connectivity index (χ3n) is 3.43. The normalized spacial score (nSPS) is 16.3. The van der Waals surface area contributed by atoms with Gasteiger partial charge in [-0.2, -0.15) is 10.2 Å². The summed E-state index contributed by atoms with van der Waals surface area (Å²) < 4.78 is 0. The van der Waals surface area contributed by atoms with Gasteiger partial charge in [0.25, 0.3) is 0 Å². The van der Waals surface area contributed by atoms with E-state index < -0.39 is 5.97 Å². The highest BCUT2D eigenvalue weighted by Crippen LogP contribution is 2.20. The van der Waals surface area contributed by atoms with Gasteiger partial charge in [0.2, 0.25) is 5.91 Å². The van der Waals surface area contributed by atoms with Crippen LogP contribution in [0.1, 0.15) is 24.8 Å². The number of carboxylic acids is 1. The highest BCUT2D eigenvalue weighted by molar-refractivity contribution is 5.78. The van der Waals surface area contributed by atoms with Gasteiger partial charge in [-0.15, -0.1) is 0 Å². The van der Waals surface area contributed by atoms with E-state index in [1.807, 2.05) is 0 Å². The third kappa shape index (κ3) is 4.01. The number of amides is 1. The molecule has 2 rings (SSSR count). The van der Waals surface area contributed by atoms with Gasteiger partial charge < -0.3 is 10.0 Å². The summed E-state index contributed by atoms with van der Waals surface area (Å²) in [4.78, 5) is 24.5. The summed E-state index contributed by atoms with van der Waals surface area (Å²) >= 11 is 0. The van der Waals surface area contributed by atoms with Crippen molar-refractivity contribution in [1.82, 2.24) is 15.1 Å². The number of nitrogens with zero attached hydrogens (tertiary/aromatic N) is 3. The Labute approximate surface area is 111 Å². The van der Waals surface area contributed by atoms with E-state index in [4.69, 9.17) is 5.11 Å². The lowest BCUT2D eigenvalue weighted by molar-refractivity contribution is -0.138. The zero-order chi connectivity index (χ0) is 13.7. The highest BCUT2D eigenvalue weighted by Gasteiger charge is 2.24. The molecular formula is C13H17N3O3. The van der Waals surface area contributed by atoms with Crippen LogP contribution in [-0.4, -0.2) is 45.2 Å². The summed E-state index contributed by atoms with van der Waals surface area (Å²) in [6, 6.07) is 1.78. The van der Waals surface area contributed by atoms with Gasteiger partial charge in [-0.25, -0.2) is 0 Å². The Morgan fingerprint density at radius 3 is 2.63 bits per heavy atom. The van der Waals surface area contributed by atoms with Gasteiger partial charge in [0.15, 0.2) is 0 Å². The topological polar surface area (TPSA) is 83.4 Å². The molecule has 19 heavy (non-hydrogen) atoms. The summed E-state index contributed by atoms with van der Waals surface area (Å²) in [5.74, 6) is -0.487. The van der Waals surface area contributed by atoms with E-state index in [0.29, 0.717) is 19.5 Å². The van der Waals surface area contributed by atoms with Gasteiger partial charge in [0.1, 0.15) is 0 Å². The molecule has 102 valence electrons. The molecule has 0 radical (unpaired) electrons. The van der Waals surface area contributed by atoms with Crippen molar-refractivity contribution in [2.24, 2.45) is 5.92 Å². The first-order chi connectivity index (χ1) is 9.15. The molecule has 0 atom stereocenters. The number of aliphatic carboxylic acids is 1. The quantitative estimate of drug-likeness (QED) is 0.866. The molecule has 1 amide bonds. The van der Waals surface area contributed by atoms with E-state index in [9.17, 15) is 9.59 Å². The molecule has 1 aromatic rings. The zero-order valence-corrected chi connectivity index (χ0v) is 10.7. The van der Waals surface area contributed by atoms with Crippen LogP contribution >= 0.6 is 0 Å². The first kappa shape index (κ1) is 13.5. The van der Waals surface area contributed by atoms with Crippen molar-refractivity contribution in [3.05, 3.63) is 24.0 Å². The zero-order valence-electron chi connectivity index (χ0n) is 10.7. The van der Waals surface area contributed by atoms with Crippen LogP contribution in [0.2, 0.25) is 0 Å². The Bertz CT molecular complexity index is 442. The first-order valence-electron chi connectivity index (χ1n) is 6.40. The molecule has 1 aliphatic heterocycles. The van der Waals surface area contributed by atoms with Gasteiger partial charge in [0.05, 0.1) is 12.6 Å². The molecule has 1 aromatic heterocycles. The number of likely N-dealkylation sites (tertiary alicyclic amines) is 1. The molecule has 0 bridgehead atoms. The standard InChI is InChI=1S/C13H17N3O3/c17-12(7-11-1-4-14-15-9-11)16-5-2-10(3-6-16)8-13(18)19/h1,4,9-10H,2-3,5-8H2,(H,18,19). The lowest BCUT2D eigenvalue weighted by Gasteiger charge is -2.31. The summed E-state index contributed by atoms with van der Waals surface area (Å²) in [6.45, 7) is 1.30. The molecule has 6 heteroatoms. The average molecular weight is 263 g/mol. The largest absolute Gasteiger partial charge is 0.481 e. The van der Waals surface area contributed by atoms with Crippen LogP contribution in [0, 0.1) is 5.92 Å². The molecule has 6 nitrogen and oxygen atoms in total. The molecule has 1 aliphatic rings. The fourth-order valence-electron chi connectivity index (χ4n) is 2.34. The van der Waals surface area contributed by atoms with Gasteiger partial charge in [-0.05, 0) is 30.4 Å². The molecule has 1 saturated heterocycles. The molecule has 1 N–H and O–H groups in total. The monoisotopic (exact) mass is 263 g/mol. The second-order valence-electron chi connectivity index (χ2n) is 4.85. The number of piperidine rings is 1. The number of carboxylic acid groups (broad SMARTS) is 1. The molecule has 0 saturated carbocycles. The van der Waals surface area contributed by atoms with Crippen LogP contribution in [0.15, 0.2) is 18.5 Å². The minimum atomic E-state index is -0.757. The van der Waals surface area contributed by atoms with Crippen LogP contribution < -0.4 is 0 Å². The fraction of sp³-hybridized carbons (Fsp3) is 0.538. The highest BCUT2D eigenvalue weighted by atomic mass is 16.4. The van der Waals surface area contributed by atoms with Crippen LogP contribution in [0.25, 0.3) is 0 Å². The number of hydrogen-bond acceptors (Lipinski definition) is 4. The van der Waals surface area contributed by atoms with Crippen molar-refractivity contribution < 1.29 is 14.7 Å². The van der Waals surface area contributed by atoms with Crippen molar-refractivity contribution in [2.45, 2.75) is 25.7 Å². The second-order valence-corrected chi connectivity index (χ2v) is 4.85. The summed E-state index contributed by atoms with van der Waals surface area (Å²) in [5.41, 5.74) is 0.854. The Hall–Kier alpha value is -1.98. The van der Waals surface area contributed by atoms with Crippen LogP contribution in [0.5, 0.6) is 0 Å². The molecule has 1 fully saturated rings. The molecule has 2 heterocycles. The van der Waals surface area contributed by atoms with Crippen molar-refractivity contribution in [3.8, 4) is 0 Å².